The van der Waals surface area contributed by atoms with Gasteiger partial charge in [-0.1, -0.05) is 49.9 Å². The highest BCUT2D eigenvalue weighted by Crippen LogP contribution is 2.45. The highest BCUT2D eigenvalue weighted by Gasteiger charge is 2.62. The topological polar surface area (TPSA) is 72.9 Å². The van der Waals surface area contributed by atoms with Gasteiger partial charge in [0.15, 0.2) is 5.78 Å². The number of carbonyl (C=O) groups excluding carboxylic acids is 1. The summed E-state index contributed by atoms with van der Waals surface area (Å²) in [4.78, 5) is 30.3. The van der Waals surface area contributed by atoms with E-state index >= 15 is 0 Å². The van der Waals surface area contributed by atoms with E-state index in [-0.39, 0.29) is 11.7 Å². The van der Waals surface area contributed by atoms with E-state index in [4.69, 9.17) is 11.6 Å². The quantitative estimate of drug-likeness (QED) is 0.688. The van der Waals surface area contributed by atoms with Crippen LogP contribution in [0.5, 0.6) is 0 Å². The Bertz CT molecular complexity index is 833. The van der Waals surface area contributed by atoms with Gasteiger partial charge in [0.2, 0.25) is 0 Å². The number of amides is 1. The highest BCUT2D eigenvalue weighted by atomic mass is 35.5. The first kappa shape index (κ1) is 23.5. The molecule has 0 radical (unpaired) electrons. The molecule has 7 heteroatoms. The van der Waals surface area contributed by atoms with E-state index < -0.39 is 17.0 Å². The first-order valence-corrected chi connectivity index (χ1v) is 12.4. The maximum absolute atomic E-state index is 14.2. The Balaban J connectivity index is 1.61. The normalized spacial score (nSPS) is 30.3. The zero-order valence-corrected chi connectivity index (χ0v) is 20.0. The number of hydrogen-bond donors (Lipinski definition) is 2. The van der Waals surface area contributed by atoms with Gasteiger partial charge in [-0.05, 0) is 56.5 Å². The molecule has 2 atom stereocenters. The van der Waals surface area contributed by atoms with Crippen molar-refractivity contribution in [2.45, 2.75) is 68.9 Å². The number of ketones is 1. The molecule has 32 heavy (non-hydrogen) atoms. The Morgan fingerprint density at radius 3 is 2.28 bits per heavy atom. The Hall–Kier alpha value is -1.63. The standard InChI is InChI=1S/C25H36ClN3O3/c1-24(19-8-10-20(26)11-9-19)16-27-17-25(24,28(2)23(31)32)22(30)18-12-14-29(15-13-18)21-6-4-3-5-7-21/h8-11,18,21,27H,3-7,12-17H2,1-2H3,(H,31,32)/t24-,25-/m0/s1. The Labute approximate surface area is 196 Å². The van der Waals surface area contributed by atoms with Crippen LogP contribution in [-0.2, 0) is 10.2 Å². The second kappa shape index (κ2) is 9.32. The maximum Gasteiger partial charge on any atom is 0.407 e. The zero-order chi connectivity index (χ0) is 22.9. The van der Waals surface area contributed by atoms with Crippen molar-refractivity contribution in [3.8, 4) is 0 Å². The van der Waals surface area contributed by atoms with E-state index in [1.54, 1.807) is 7.05 Å². The molecule has 1 aliphatic carbocycles. The molecule has 3 aliphatic rings. The number of carbonyl (C=O) groups is 2. The van der Waals surface area contributed by atoms with Crippen LogP contribution in [0.1, 0.15) is 57.4 Å². The van der Waals surface area contributed by atoms with E-state index in [9.17, 15) is 14.7 Å². The average molecular weight is 462 g/mol. The van der Waals surface area contributed by atoms with Crippen LogP contribution in [0.3, 0.4) is 0 Å². The lowest BCUT2D eigenvalue weighted by atomic mass is 9.63. The lowest BCUT2D eigenvalue weighted by molar-refractivity contribution is -0.137. The number of piperidine rings is 1. The molecule has 0 spiro atoms. The van der Waals surface area contributed by atoms with Crippen LogP contribution >= 0.6 is 11.6 Å². The fourth-order valence-corrected chi connectivity index (χ4v) is 6.61. The van der Waals surface area contributed by atoms with Gasteiger partial charge in [-0.3, -0.25) is 9.69 Å². The molecule has 2 aliphatic heterocycles. The number of rotatable bonds is 5. The molecule has 0 bridgehead atoms. The predicted molar refractivity (Wildman–Crippen MR) is 126 cm³/mol. The molecule has 1 aromatic carbocycles. The number of nitrogens with zero attached hydrogens (tertiary/aromatic N) is 2. The van der Waals surface area contributed by atoms with E-state index in [0.717, 1.165) is 31.5 Å². The van der Waals surface area contributed by atoms with E-state index in [1.807, 2.05) is 31.2 Å². The van der Waals surface area contributed by atoms with Gasteiger partial charge < -0.3 is 15.3 Å². The molecule has 4 rings (SSSR count). The van der Waals surface area contributed by atoms with Crippen LogP contribution in [0.25, 0.3) is 0 Å². The minimum atomic E-state index is -1.15. The summed E-state index contributed by atoms with van der Waals surface area (Å²) >= 11 is 6.12. The van der Waals surface area contributed by atoms with Crippen molar-refractivity contribution in [2.24, 2.45) is 5.92 Å². The number of Topliss-reactive ketones (excluding diaryl/α,β-unsaturated/α-hetero) is 1. The molecule has 1 amide bonds. The average Bonchev–Trinajstić information content (AvgIpc) is 3.17. The Kier molecular flexibility index (Phi) is 6.85. The van der Waals surface area contributed by atoms with Gasteiger partial charge in [-0.25, -0.2) is 4.79 Å². The van der Waals surface area contributed by atoms with Gasteiger partial charge in [0, 0.05) is 42.5 Å². The van der Waals surface area contributed by atoms with Crippen molar-refractivity contribution in [1.29, 1.82) is 0 Å². The third-order valence-electron chi connectivity index (χ3n) is 8.51. The Morgan fingerprint density at radius 1 is 1.06 bits per heavy atom. The van der Waals surface area contributed by atoms with Gasteiger partial charge >= 0.3 is 6.09 Å². The molecule has 1 saturated carbocycles. The molecule has 3 fully saturated rings. The monoisotopic (exact) mass is 461 g/mol. The first-order valence-electron chi connectivity index (χ1n) is 12.0. The summed E-state index contributed by atoms with van der Waals surface area (Å²) < 4.78 is 0. The summed E-state index contributed by atoms with van der Waals surface area (Å²) in [5, 5.41) is 14.0. The second-order valence-corrected chi connectivity index (χ2v) is 10.5. The van der Waals surface area contributed by atoms with Crippen molar-refractivity contribution >= 4 is 23.5 Å². The SMILES string of the molecule is CN(C(=O)O)[C@]1(C(=O)C2CCN(C3CCCCC3)CC2)CNC[C@@]1(C)c1ccc(Cl)cc1. The smallest absolute Gasteiger partial charge is 0.407 e. The third-order valence-corrected chi connectivity index (χ3v) is 8.76. The Morgan fingerprint density at radius 2 is 1.69 bits per heavy atom. The summed E-state index contributed by atoms with van der Waals surface area (Å²) in [7, 11) is 1.55. The third kappa shape index (κ3) is 3.95. The van der Waals surface area contributed by atoms with Crippen LogP contribution < -0.4 is 5.32 Å². The summed E-state index contributed by atoms with van der Waals surface area (Å²) in [5.74, 6) is -0.0590. The molecular weight excluding hydrogens is 426 g/mol. The van der Waals surface area contributed by atoms with E-state index in [0.29, 0.717) is 24.2 Å². The van der Waals surface area contributed by atoms with Gasteiger partial charge in [-0.15, -0.1) is 0 Å². The van der Waals surface area contributed by atoms with Crippen LogP contribution in [-0.4, -0.2) is 71.6 Å². The molecule has 1 aromatic rings. The van der Waals surface area contributed by atoms with Crippen LogP contribution in [0.15, 0.2) is 24.3 Å². The number of benzene rings is 1. The lowest BCUT2D eigenvalue weighted by Gasteiger charge is -2.49. The summed E-state index contributed by atoms with van der Waals surface area (Å²) in [5.41, 5.74) is -0.889. The van der Waals surface area contributed by atoms with Crippen molar-refractivity contribution in [2.75, 3.05) is 33.2 Å². The van der Waals surface area contributed by atoms with Gasteiger partial charge in [0.1, 0.15) is 5.54 Å². The van der Waals surface area contributed by atoms with Crippen molar-refractivity contribution < 1.29 is 14.7 Å². The van der Waals surface area contributed by atoms with Crippen molar-refractivity contribution in [3.05, 3.63) is 34.9 Å². The minimum Gasteiger partial charge on any atom is -0.465 e. The number of halogens is 1. The van der Waals surface area contributed by atoms with Crippen LogP contribution in [0, 0.1) is 5.92 Å². The predicted octanol–water partition coefficient (Wildman–Crippen LogP) is 4.16. The summed E-state index contributed by atoms with van der Waals surface area (Å²) in [6, 6.07) is 8.15. The van der Waals surface area contributed by atoms with E-state index in [1.165, 1.54) is 37.0 Å². The molecule has 176 valence electrons. The van der Waals surface area contributed by atoms with Crippen molar-refractivity contribution in [3.63, 3.8) is 0 Å². The van der Waals surface area contributed by atoms with E-state index in [2.05, 4.69) is 10.2 Å². The molecule has 2 heterocycles. The van der Waals surface area contributed by atoms with Gasteiger partial charge in [-0.2, -0.15) is 0 Å². The number of carboxylic acid groups (broad SMARTS) is 1. The van der Waals surface area contributed by atoms with Gasteiger partial charge in [0.25, 0.3) is 0 Å². The largest absolute Gasteiger partial charge is 0.465 e. The molecule has 2 N–H and O–H groups in total. The number of nitrogens with one attached hydrogen (secondary N) is 1. The maximum atomic E-state index is 14.2. The number of likely N-dealkylation sites (N-methyl/N-ethyl adjacent to an activating group) is 1. The minimum absolute atomic E-state index is 0.0631. The second-order valence-electron chi connectivity index (χ2n) is 10.1. The number of hydrogen-bond acceptors (Lipinski definition) is 4. The summed E-state index contributed by atoms with van der Waals surface area (Å²) in [6.07, 6.45) is 7.03. The van der Waals surface area contributed by atoms with Crippen LogP contribution in [0.4, 0.5) is 4.79 Å². The fourth-order valence-electron chi connectivity index (χ4n) is 6.48. The zero-order valence-electron chi connectivity index (χ0n) is 19.3. The van der Waals surface area contributed by atoms with Crippen molar-refractivity contribution in [1.82, 2.24) is 15.1 Å². The molecule has 6 nitrogen and oxygen atoms in total. The molecule has 0 aromatic heterocycles. The van der Waals surface area contributed by atoms with Crippen LogP contribution in [0.2, 0.25) is 5.02 Å². The lowest BCUT2D eigenvalue weighted by Crippen LogP contribution is -2.67. The molecule has 2 saturated heterocycles. The summed E-state index contributed by atoms with van der Waals surface area (Å²) in [6.45, 7) is 4.75. The molecule has 0 unspecified atom stereocenters. The number of likely N-dealkylation sites (tertiary alicyclic amines) is 1. The first-order chi connectivity index (χ1) is 15.3. The molecular formula is C25H36ClN3O3. The highest BCUT2D eigenvalue weighted by molar-refractivity contribution is 6.30. The van der Waals surface area contributed by atoms with Gasteiger partial charge in [0.05, 0.1) is 0 Å². The fraction of sp³-hybridized carbons (Fsp3) is 0.680.